The zero-order chi connectivity index (χ0) is 13.8. The van der Waals surface area contributed by atoms with E-state index < -0.39 is 0 Å². The van der Waals surface area contributed by atoms with Gasteiger partial charge in [0, 0.05) is 23.8 Å². The van der Waals surface area contributed by atoms with Crippen molar-refractivity contribution in [3.63, 3.8) is 0 Å². The molecule has 0 radical (unpaired) electrons. The summed E-state index contributed by atoms with van der Waals surface area (Å²) >= 11 is 6.20. The van der Waals surface area contributed by atoms with Gasteiger partial charge in [0.25, 0.3) is 0 Å². The fourth-order valence-electron chi connectivity index (χ4n) is 1.80. The maximum absolute atomic E-state index is 6.20. The van der Waals surface area contributed by atoms with Gasteiger partial charge in [-0.25, -0.2) is 9.97 Å². The van der Waals surface area contributed by atoms with E-state index in [-0.39, 0.29) is 0 Å². The quantitative estimate of drug-likeness (QED) is 0.926. The number of hydrogen-bond donors (Lipinski definition) is 1. The van der Waals surface area contributed by atoms with E-state index in [9.17, 15) is 0 Å². The van der Waals surface area contributed by atoms with Gasteiger partial charge in [-0.2, -0.15) is 0 Å². The summed E-state index contributed by atoms with van der Waals surface area (Å²) in [6.45, 7) is 6.94. The molecule has 100 valence electrons. The third-order valence-corrected chi connectivity index (χ3v) is 3.04. The number of halogens is 1. The summed E-state index contributed by atoms with van der Waals surface area (Å²) in [5, 5.41) is 4.04. The van der Waals surface area contributed by atoms with Crippen molar-refractivity contribution >= 4 is 11.6 Å². The van der Waals surface area contributed by atoms with Gasteiger partial charge in [-0.3, -0.25) is 0 Å². The van der Waals surface area contributed by atoms with Crippen LogP contribution < -0.4 is 5.32 Å². The SMILES string of the molecule is Cc1cc(CNC(C)C)nc(-c2ccccc2Cl)n1. The molecular weight excluding hydrogens is 258 g/mol. The van der Waals surface area contributed by atoms with Gasteiger partial charge in [0.1, 0.15) is 0 Å². The lowest BCUT2D eigenvalue weighted by molar-refractivity contribution is 0.580. The molecule has 4 heteroatoms. The highest BCUT2D eigenvalue weighted by molar-refractivity contribution is 6.33. The molecule has 0 atom stereocenters. The van der Waals surface area contributed by atoms with Crippen LogP contribution in [-0.4, -0.2) is 16.0 Å². The standard InChI is InChI=1S/C15H18ClN3/c1-10(2)17-9-12-8-11(3)18-15(19-12)13-6-4-5-7-14(13)16/h4-8,10,17H,9H2,1-3H3. The van der Waals surface area contributed by atoms with Crippen molar-refractivity contribution in [2.75, 3.05) is 0 Å². The van der Waals surface area contributed by atoms with Gasteiger partial charge >= 0.3 is 0 Å². The molecule has 2 rings (SSSR count). The first-order chi connectivity index (χ1) is 9.06. The smallest absolute Gasteiger partial charge is 0.161 e. The van der Waals surface area contributed by atoms with Crippen LogP contribution in [-0.2, 0) is 6.54 Å². The molecule has 0 bridgehead atoms. The van der Waals surface area contributed by atoms with Crippen molar-refractivity contribution in [1.29, 1.82) is 0 Å². The Morgan fingerprint density at radius 2 is 1.95 bits per heavy atom. The normalized spacial score (nSPS) is 11.0. The van der Waals surface area contributed by atoms with Crippen LogP contribution in [0.15, 0.2) is 30.3 Å². The third-order valence-electron chi connectivity index (χ3n) is 2.71. The van der Waals surface area contributed by atoms with Gasteiger partial charge in [-0.1, -0.05) is 37.6 Å². The molecule has 0 spiro atoms. The summed E-state index contributed by atoms with van der Waals surface area (Å²) in [5.41, 5.74) is 2.81. The van der Waals surface area contributed by atoms with Crippen LogP contribution in [0.3, 0.4) is 0 Å². The van der Waals surface area contributed by atoms with Gasteiger partial charge in [-0.05, 0) is 25.1 Å². The van der Waals surface area contributed by atoms with E-state index in [0.717, 1.165) is 23.5 Å². The number of aryl methyl sites for hydroxylation is 1. The summed E-state index contributed by atoms with van der Waals surface area (Å²) in [5.74, 6) is 0.686. The Morgan fingerprint density at radius 1 is 1.21 bits per heavy atom. The molecule has 0 fully saturated rings. The molecule has 0 unspecified atom stereocenters. The molecule has 0 aliphatic heterocycles. The highest BCUT2D eigenvalue weighted by Gasteiger charge is 2.08. The Hall–Kier alpha value is -1.45. The van der Waals surface area contributed by atoms with Crippen molar-refractivity contribution in [2.24, 2.45) is 0 Å². The maximum Gasteiger partial charge on any atom is 0.161 e. The average Bonchev–Trinajstić information content (AvgIpc) is 2.36. The Morgan fingerprint density at radius 3 is 2.63 bits per heavy atom. The molecular formula is C15H18ClN3. The van der Waals surface area contributed by atoms with Gasteiger partial charge in [0.15, 0.2) is 5.82 Å². The van der Waals surface area contributed by atoms with Crippen molar-refractivity contribution in [3.8, 4) is 11.4 Å². The molecule has 2 aromatic rings. The largest absolute Gasteiger partial charge is 0.309 e. The minimum atomic E-state index is 0.430. The van der Waals surface area contributed by atoms with Gasteiger partial charge in [0.2, 0.25) is 0 Å². The molecule has 0 saturated heterocycles. The molecule has 0 aliphatic rings. The molecule has 1 aromatic heterocycles. The Balaban J connectivity index is 2.34. The first-order valence-electron chi connectivity index (χ1n) is 6.39. The highest BCUT2D eigenvalue weighted by Crippen LogP contribution is 2.24. The van der Waals surface area contributed by atoms with E-state index in [2.05, 4.69) is 29.1 Å². The Bertz CT molecular complexity index is 567. The van der Waals surface area contributed by atoms with Crippen LogP contribution in [0.25, 0.3) is 11.4 Å². The van der Waals surface area contributed by atoms with E-state index >= 15 is 0 Å². The molecule has 19 heavy (non-hydrogen) atoms. The maximum atomic E-state index is 6.20. The monoisotopic (exact) mass is 275 g/mol. The second-order valence-corrected chi connectivity index (χ2v) is 5.25. The molecule has 0 saturated carbocycles. The second-order valence-electron chi connectivity index (χ2n) is 4.84. The summed E-state index contributed by atoms with van der Waals surface area (Å²) in [6, 6.07) is 10.1. The van der Waals surface area contributed by atoms with Crippen LogP contribution in [0.5, 0.6) is 0 Å². The minimum Gasteiger partial charge on any atom is -0.309 e. The molecule has 1 aromatic carbocycles. The van der Waals surface area contributed by atoms with Crippen LogP contribution in [0.2, 0.25) is 5.02 Å². The molecule has 0 aliphatic carbocycles. The van der Waals surface area contributed by atoms with E-state index in [1.165, 1.54) is 0 Å². The first kappa shape index (κ1) is 14.0. The number of benzene rings is 1. The highest BCUT2D eigenvalue weighted by atomic mass is 35.5. The van der Waals surface area contributed by atoms with Crippen molar-refractivity contribution in [1.82, 2.24) is 15.3 Å². The Kier molecular flexibility index (Phi) is 4.51. The second kappa shape index (κ2) is 6.13. The third kappa shape index (κ3) is 3.75. The molecule has 1 heterocycles. The zero-order valence-electron chi connectivity index (χ0n) is 11.4. The molecule has 3 nitrogen and oxygen atoms in total. The zero-order valence-corrected chi connectivity index (χ0v) is 12.2. The van der Waals surface area contributed by atoms with E-state index in [1.807, 2.05) is 37.3 Å². The predicted molar refractivity (Wildman–Crippen MR) is 79.2 cm³/mol. The lowest BCUT2D eigenvalue weighted by atomic mass is 10.2. The fraction of sp³-hybridized carbons (Fsp3) is 0.333. The topological polar surface area (TPSA) is 37.8 Å². The van der Waals surface area contributed by atoms with Crippen LogP contribution in [0.4, 0.5) is 0 Å². The summed E-state index contributed by atoms with van der Waals surface area (Å²) in [4.78, 5) is 9.05. The number of hydrogen-bond acceptors (Lipinski definition) is 3. The predicted octanol–water partition coefficient (Wildman–Crippen LogP) is 3.60. The fourth-order valence-corrected chi connectivity index (χ4v) is 2.02. The van der Waals surface area contributed by atoms with E-state index in [1.54, 1.807) is 0 Å². The van der Waals surface area contributed by atoms with Gasteiger partial charge < -0.3 is 5.32 Å². The molecule has 0 amide bonds. The van der Waals surface area contributed by atoms with Crippen molar-refractivity contribution in [2.45, 2.75) is 33.4 Å². The lowest BCUT2D eigenvalue weighted by Gasteiger charge is -2.10. The number of nitrogens with zero attached hydrogens (tertiary/aromatic N) is 2. The van der Waals surface area contributed by atoms with Crippen molar-refractivity contribution in [3.05, 3.63) is 46.7 Å². The Labute approximate surface area is 119 Å². The van der Waals surface area contributed by atoms with E-state index in [4.69, 9.17) is 11.6 Å². The van der Waals surface area contributed by atoms with Gasteiger partial charge in [0.05, 0.1) is 10.7 Å². The number of aromatic nitrogens is 2. The van der Waals surface area contributed by atoms with Crippen molar-refractivity contribution < 1.29 is 0 Å². The first-order valence-corrected chi connectivity index (χ1v) is 6.77. The summed E-state index contributed by atoms with van der Waals surface area (Å²) < 4.78 is 0. The molecule has 1 N–H and O–H groups in total. The van der Waals surface area contributed by atoms with Crippen LogP contribution in [0, 0.1) is 6.92 Å². The van der Waals surface area contributed by atoms with E-state index in [0.29, 0.717) is 16.9 Å². The average molecular weight is 276 g/mol. The van der Waals surface area contributed by atoms with Gasteiger partial charge in [-0.15, -0.1) is 0 Å². The minimum absolute atomic E-state index is 0.430. The number of nitrogens with one attached hydrogen (secondary N) is 1. The number of rotatable bonds is 4. The summed E-state index contributed by atoms with van der Waals surface area (Å²) in [6.07, 6.45) is 0. The summed E-state index contributed by atoms with van der Waals surface area (Å²) in [7, 11) is 0. The van der Waals surface area contributed by atoms with Crippen LogP contribution >= 0.6 is 11.6 Å². The van der Waals surface area contributed by atoms with Crippen LogP contribution in [0.1, 0.15) is 25.2 Å². The lowest BCUT2D eigenvalue weighted by Crippen LogP contribution is -2.22.